The number of carbonyl (C=O) groups is 2. The summed E-state index contributed by atoms with van der Waals surface area (Å²) in [5, 5.41) is 13.5. The number of ether oxygens (including phenoxy) is 1. The summed E-state index contributed by atoms with van der Waals surface area (Å²) in [4.78, 5) is 25.7. The summed E-state index contributed by atoms with van der Waals surface area (Å²) in [6, 6.07) is 23.0. The Balaban J connectivity index is 1.79. The minimum Gasteiger partial charge on any atom is -0.446 e. The van der Waals surface area contributed by atoms with Gasteiger partial charge in [0.1, 0.15) is 0 Å². The van der Waals surface area contributed by atoms with Crippen LogP contribution < -0.4 is 5.32 Å². The van der Waals surface area contributed by atoms with Gasteiger partial charge in [0.2, 0.25) is 0 Å². The number of esters is 1. The second-order valence-electron chi connectivity index (χ2n) is 8.84. The van der Waals surface area contributed by atoms with Gasteiger partial charge in [-0.1, -0.05) is 47.5 Å². The number of nitrogens with one attached hydrogen (secondary N) is 1. The second kappa shape index (κ2) is 11.4. The lowest BCUT2D eigenvalue weighted by molar-refractivity contribution is -0.138. The van der Waals surface area contributed by atoms with Crippen LogP contribution in [0.4, 0.5) is 0 Å². The van der Waals surface area contributed by atoms with Gasteiger partial charge in [0.15, 0.2) is 5.60 Å². The molecule has 0 bridgehead atoms. The molecule has 0 aromatic heterocycles. The van der Waals surface area contributed by atoms with Gasteiger partial charge in [-0.05, 0) is 86.8 Å². The molecule has 7 heteroatoms. The highest BCUT2D eigenvalue weighted by molar-refractivity contribution is 6.30. The Morgan fingerprint density at radius 1 is 1.00 bits per heavy atom. The van der Waals surface area contributed by atoms with E-state index in [9.17, 15) is 14.9 Å². The average molecular weight is 509 g/mol. The first-order valence-corrected chi connectivity index (χ1v) is 11.9. The lowest BCUT2D eigenvalue weighted by Crippen LogP contribution is -2.50. The van der Waals surface area contributed by atoms with Crippen molar-refractivity contribution in [2.75, 3.05) is 0 Å². The molecule has 0 saturated heterocycles. The topological polar surface area (TPSA) is 79.2 Å². The zero-order valence-corrected chi connectivity index (χ0v) is 21.2. The maximum absolute atomic E-state index is 13.2. The number of carbonyl (C=O) groups excluding carboxylic acids is 2. The summed E-state index contributed by atoms with van der Waals surface area (Å²) in [5.74, 6) is -1.19. The second-order valence-corrected chi connectivity index (χ2v) is 9.72. The minimum absolute atomic E-state index is 0.142. The first-order valence-electron chi connectivity index (χ1n) is 11.1. The molecular formula is C28H26Cl2N2O3. The van der Waals surface area contributed by atoms with Crippen LogP contribution in [0.25, 0.3) is 0 Å². The summed E-state index contributed by atoms with van der Waals surface area (Å²) in [5.41, 5.74) is 1.39. The normalized spacial score (nSPS) is 12.8. The Labute approximate surface area is 215 Å². The fourth-order valence-electron chi connectivity index (χ4n) is 3.70. The highest BCUT2D eigenvalue weighted by Gasteiger charge is 2.34. The molecule has 3 aromatic carbocycles. The third kappa shape index (κ3) is 7.08. The Bertz CT molecular complexity index is 1230. The SMILES string of the molecule is CC(NC(=O)C(C)(C)OC(=O)c1ccc(Cl)cc1)C(Cc1ccc(Cl)cc1)c1cccc(C#N)c1. The molecule has 0 heterocycles. The predicted octanol–water partition coefficient (Wildman–Crippen LogP) is 6.33. The molecule has 35 heavy (non-hydrogen) atoms. The van der Waals surface area contributed by atoms with Crippen LogP contribution in [0.5, 0.6) is 0 Å². The third-order valence-corrected chi connectivity index (χ3v) is 6.25. The van der Waals surface area contributed by atoms with Crippen molar-refractivity contribution in [3.63, 3.8) is 0 Å². The van der Waals surface area contributed by atoms with E-state index in [-0.39, 0.29) is 12.0 Å². The van der Waals surface area contributed by atoms with Gasteiger partial charge < -0.3 is 10.1 Å². The van der Waals surface area contributed by atoms with E-state index in [4.69, 9.17) is 27.9 Å². The zero-order chi connectivity index (χ0) is 25.6. The van der Waals surface area contributed by atoms with Crippen LogP contribution in [0, 0.1) is 11.3 Å². The summed E-state index contributed by atoms with van der Waals surface area (Å²) >= 11 is 11.9. The number of hydrogen-bond acceptors (Lipinski definition) is 4. The van der Waals surface area contributed by atoms with Gasteiger partial charge in [-0.3, -0.25) is 4.79 Å². The van der Waals surface area contributed by atoms with E-state index < -0.39 is 17.5 Å². The highest BCUT2D eigenvalue weighted by atomic mass is 35.5. The van der Waals surface area contributed by atoms with Crippen molar-refractivity contribution in [2.45, 2.75) is 44.8 Å². The number of hydrogen-bond donors (Lipinski definition) is 1. The van der Waals surface area contributed by atoms with E-state index in [2.05, 4.69) is 11.4 Å². The van der Waals surface area contributed by atoms with Crippen LogP contribution in [0.1, 0.15) is 53.7 Å². The maximum Gasteiger partial charge on any atom is 0.339 e. The van der Waals surface area contributed by atoms with E-state index in [0.29, 0.717) is 27.6 Å². The molecule has 3 rings (SSSR count). The van der Waals surface area contributed by atoms with Gasteiger partial charge in [0.05, 0.1) is 17.2 Å². The molecule has 0 saturated carbocycles. The van der Waals surface area contributed by atoms with Gasteiger partial charge >= 0.3 is 5.97 Å². The van der Waals surface area contributed by atoms with Crippen LogP contribution in [-0.2, 0) is 16.0 Å². The van der Waals surface area contributed by atoms with Crippen molar-refractivity contribution in [3.05, 3.63) is 105 Å². The minimum atomic E-state index is -1.41. The van der Waals surface area contributed by atoms with Crippen molar-refractivity contribution >= 4 is 35.1 Å². The van der Waals surface area contributed by atoms with E-state index in [1.807, 2.05) is 49.4 Å². The number of nitrogens with zero attached hydrogens (tertiary/aromatic N) is 1. The monoisotopic (exact) mass is 508 g/mol. The Kier molecular flexibility index (Phi) is 8.56. The summed E-state index contributed by atoms with van der Waals surface area (Å²) < 4.78 is 5.53. The summed E-state index contributed by atoms with van der Waals surface area (Å²) in [6.45, 7) is 5.00. The quantitative estimate of drug-likeness (QED) is 0.360. The summed E-state index contributed by atoms with van der Waals surface area (Å²) in [6.07, 6.45) is 0.610. The van der Waals surface area contributed by atoms with Crippen LogP contribution >= 0.6 is 23.2 Å². The van der Waals surface area contributed by atoms with Gasteiger partial charge in [-0.25, -0.2) is 4.79 Å². The van der Waals surface area contributed by atoms with Gasteiger partial charge in [0, 0.05) is 22.0 Å². The molecule has 5 nitrogen and oxygen atoms in total. The smallest absolute Gasteiger partial charge is 0.339 e. The lowest BCUT2D eigenvalue weighted by Gasteiger charge is -2.30. The Hall–Kier alpha value is -3.33. The van der Waals surface area contributed by atoms with Gasteiger partial charge in [-0.2, -0.15) is 5.26 Å². The average Bonchev–Trinajstić information content (AvgIpc) is 2.83. The van der Waals surface area contributed by atoms with Gasteiger partial charge in [-0.15, -0.1) is 0 Å². The van der Waals surface area contributed by atoms with E-state index in [1.54, 1.807) is 44.2 Å². The van der Waals surface area contributed by atoms with Crippen molar-refractivity contribution in [2.24, 2.45) is 0 Å². The number of nitriles is 1. The van der Waals surface area contributed by atoms with E-state index >= 15 is 0 Å². The number of rotatable bonds is 8. The first-order chi connectivity index (χ1) is 16.6. The lowest BCUT2D eigenvalue weighted by atomic mass is 9.85. The van der Waals surface area contributed by atoms with Gasteiger partial charge in [0.25, 0.3) is 5.91 Å². The van der Waals surface area contributed by atoms with Crippen LogP contribution in [0.3, 0.4) is 0 Å². The molecule has 0 radical (unpaired) electrons. The first kappa shape index (κ1) is 26.3. The third-order valence-electron chi connectivity index (χ3n) is 5.75. The number of benzene rings is 3. The molecule has 0 aliphatic heterocycles. The maximum atomic E-state index is 13.2. The molecule has 180 valence electrons. The fourth-order valence-corrected chi connectivity index (χ4v) is 3.95. The zero-order valence-electron chi connectivity index (χ0n) is 19.7. The molecule has 2 unspecified atom stereocenters. The number of amides is 1. The Morgan fingerprint density at radius 3 is 2.20 bits per heavy atom. The molecule has 1 N–H and O–H groups in total. The molecule has 3 aromatic rings. The predicted molar refractivity (Wildman–Crippen MR) is 138 cm³/mol. The standard InChI is InChI=1S/C28H26Cl2N2O3/c1-18(32-27(34)28(2,3)35-26(33)21-9-13-24(30)14-10-21)25(16-19-7-11-23(29)12-8-19)22-6-4-5-20(15-22)17-31/h4-15,18,25H,16H2,1-3H3,(H,32,34). The van der Waals surface area contributed by atoms with E-state index in [0.717, 1.165) is 11.1 Å². The largest absolute Gasteiger partial charge is 0.446 e. The fraction of sp³-hybridized carbons (Fsp3) is 0.250. The molecule has 0 spiro atoms. The van der Waals surface area contributed by atoms with Crippen molar-refractivity contribution in [3.8, 4) is 6.07 Å². The molecule has 0 fully saturated rings. The number of halogens is 2. The van der Waals surface area contributed by atoms with Crippen LogP contribution in [0.15, 0.2) is 72.8 Å². The van der Waals surface area contributed by atoms with Crippen molar-refractivity contribution in [1.29, 1.82) is 5.26 Å². The molecule has 1 amide bonds. The molecule has 2 atom stereocenters. The van der Waals surface area contributed by atoms with E-state index in [1.165, 1.54) is 0 Å². The van der Waals surface area contributed by atoms with Crippen LogP contribution in [0.2, 0.25) is 10.0 Å². The van der Waals surface area contributed by atoms with Crippen molar-refractivity contribution in [1.82, 2.24) is 5.32 Å². The molecule has 0 aliphatic rings. The molecule has 0 aliphatic carbocycles. The van der Waals surface area contributed by atoms with Crippen molar-refractivity contribution < 1.29 is 14.3 Å². The summed E-state index contributed by atoms with van der Waals surface area (Å²) in [7, 11) is 0. The van der Waals surface area contributed by atoms with Crippen LogP contribution in [-0.4, -0.2) is 23.5 Å². The molecular weight excluding hydrogens is 483 g/mol. The Morgan fingerprint density at radius 2 is 1.60 bits per heavy atom. The highest BCUT2D eigenvalue weighted by Crippen LogP contribution is 2.27.